The normalized spacial score (nSPS) is 24.8. The third-order valence-corrected chi connectivity index (χ3v) is 10.9. The molecular weight excluding hydrogens is 480 g/mol. The third-order valence-electron chi connectivity index (χ3n) is 7.43. The van der Waals surface area contributed by atoms with Crippen molar-refractivity contribution in [3.8, 4) is 0 Å². The summed E-state index contributed by atoms with van der Waals surface area (Å²) in [6.07, 6.45) is 3.62. The van der Waals surface area contributed by atoms with Gasteiger partial charge in [0.05, 0.1) is 16.2 Å². The number of likely N-dealkylation sites (tertiary alicyclic amines) is 1. The van der Waals surface area contributed by atoms with Gasteiger partial charge >= 0.3 is 0 Å². The zero-order chi connectivity index (χ0) is 25.2. The zero-order valence-corrected chi connectivity index (χ0v) is 22.8. The average Bonchev–Trinajstić information content (AvgIpc) is 3.48. The van der Waals surface area contributed by atoms with Gasteiger partial charge < -0.3 is 20.9 Å². The fourth-order valence-electron chi connectivity index (χ4n) is 5.28. The van der Waals surface area contributed by atoms with Gasteiger partial charge in [0.2, 0.25) is 17.7 Å². The van der Waals surface area contributed by atoms with Crippen molar-refractivity contribution in [2.75, 3.05) is 25.1 Å². The fourth-order valence-corrected chi connectivity index (χ4v) is 8.54. The molecule has 0 saturated carbocycles. The first-order chi connectivity index (χ1) is 16.7. The van der Waals surface area contributed by atoms with Crippen LogP contribution in [0.5, 0.6) is 0 Å². The Labute approximate surface area is 217 Å². The summed E-state index contributed by atoms with van der Waals surface area (Å²) < 4.78 is -0.147. The molecule has 35 heavy (non-hydrogen) atoms. The molecule has 0 bridgehead atoms. The van der Waals surface area contributed by atoms with Gasteiger partial charge in [0.15, 0.2) is 0 Å². The molecule has 2 aliphatic heterocycles. The number of hydrogen-bond acceptors (Lipinski definition) is 6. The maximum Gasteiger partial charge on any atom is 0.246 e. The summed E-state index contributed by atoms with van der Waals surface area (Å²) in [7, 11) is 1.72. The molecule has 2 unspecified atom stereocenters. The second kappa shape index (κ2) is 11.1. The van der Waals surface area contributed by atoms with Crippen molar-refractivity contribution < 1.29 is 14.4 Å². The Hall–Kier alpha value is -1.71. The molecule has 2 fully saturated rings. The highest BCUT2D eigenvalue weighted by atomic mass is 32.2. The molecule has 2 saturated heterocycles. The number of amides is 3. The number of nitrogens with zero attached hydrogens (tertiary/aromatic N) is 1. The molecule has 0 radical (unpaired) electrons. The van der Waals surface area contributed by atoms with Gasteiger partial charge in [-0.25, -0.2) is 0 Å². The lowest BCUT2D eigenvalue weighted by atomic mass is 9.87. The van der Waals surface area contributed by atoms with Gasteiger partial charge in [-0.15, -0.1) is 23.5 Å². The van der Waals surface area contributed by atoms with E-state index in [1.165, 1.54) is 11.1 Å². The van der Waals surface area contributed by atoms with Crippen LogP contribution in [0.4, 0.5) is 0 Å². The summed E-state index contributed by atoms with van der Waals surface area (Å²) in [5, 5.41) is 9.16. The summed E-state index contributed by atoms with van der Waals surface area (Å²) in [6, 6.07) is 6.69. The van der Waals surface area contributed by atoms with Gasteiger partial charge in [-0.1, -0.05) is 38.1 Å². The van der Waals surface area contributed by atoms with Crippen molar-refractivity contribution in [2.24, 2.45) is 5.92 Å². The Morgan fingerprint density at radius 1 is 1.11 bits per heavy atom. The van der Waals surface area contributed by atoms with Crippen molar-refractivity contribution in [3.63, 3.8) is 0 Å². The van der Waals surface area contributed by atoms with Crippen molar-refractivity contribution in [1.82, 2.24) is 20.9 Å². The SMILES string of the molecule is CN[C@@H](C)C(=O)NC(C(=O)N1CC2(C[C@H]1C(=O)NC1CCCc3ccccc31)SCCS2)C(C)C. The van der Waals surface area contributed by atoms with E-state index < -0.39 is 18.1 Å². The molecule has 1 aliphatic carbocycles. The van der Waals surface area contributed by atoms with Crippen LogP contribution >= 0.6 is 23.5 Å². The summed E-state index contributed by atoms with van der Waals surface area (Å²) in [6.45, 7) is 6.17. The summed E-state index contributed by atoms with van der Waals surface area (Å²) in [5.41, 5.74) is 2.48. The van der Waals surface area contributed by atoms with Crippen LogP contribution < -0.4 is 16.0 Å². The standard InChI is InChI=1S/C26H38N4O3S2/c1-16(2)22(29-23(31)17(3)27-4)25(33)30-15-26(34-12-13-35-26)14-21(30)24(32)28-20-11-7-9-18-8-5-6-10-19(18)20/h5-6,8,10,16-17,20-22,27H,7,9,11-15H2,1-4H3,(H,28,32)(H,29,31)/t17-,20?,21-,22?/m0/s1. The quantitative estimate of drug-likeness (QED) is 0.514. The van der Waals surface area contributed by atoms with Crippen LogP contribution in [0.15, 0.2) is 24.3 Å². The predicted molar refractivity (Wildman–Crippen MR) is 143 cm³/mol. The van der Waals surface area contributed by atoms with E-state index in [0.29, 0.717) is 13.0 Å². The second-order valence-electron chi connectivity index (χ2n) is 10.2. The number of nitrogens with one attached hydrogen (secondary N) is 3. The largest absolute Gasteiger partial charge is 0.347 e. The number of aryl methyl sites for hydroxylation is 1. The summed E-state index contributed by atoms with van der Waals surface area (Å²) in [4.78, 5) is 42.0. The third kappa shape index (κ3) is 5.67. The molecule has 3 N–H and O–H groups in total. The van der Waals surface area contributed by atoms with Crippen LogP contribution in [0.3, 0.4) is 0 Å². The van der Waals surface area contributed by atoms with E-state index in [2.05, 4.69) is 28.1 Å². The topological polar surface area (TPSA) is 90.5 Å². The Bertz CT molecular complexity index is 950. The molecule has 3 aliphatic rings. The number of fused-ring (bicyclic) bond motifs is 1. The Morgan fingerprint density at radius 2 is 1.83 bits per heavy atom. The van der Waals surface area contributed by atoms with E-state index in [1.807, 2.05) is 49.5 Å². The number of likely N-dealkylation sites (N-methyl/N-ethyl adjacent to an activating group) is 1. The maximum atomic E-state index is 13.9. The molecule has 9 heteroatoms. The zero-order valence-electron chi connectivity index (χ0n) is 21.1. The van der Waals surface area contributed by atoms with Gasteiger partial charge in [0.1, 0.15) is 12.1 Å². The van der Waals surface area contributed by atoms with Crippen LogP contribution in [0.2, 0.25) is 0 Å². The van der Waals surface area contributed by atoms with E-state index >= 15 is 0 Å². The van der Waals surface area contributed by atoms with Crippen molar-refractivity contribution in [1.29, 1.82) is 0 Å². The number of benzene rings is 1. The minimum Gasteiger partial charge on any atom is -0.347 e. The second-order valence-corrected chi connectivity index (χ2v) is 13.4. The van der Waals surface area contributed by atoms with Crippen LogP contribution in [0.25, 0.3) is 0 Å². The molecule has 2 heterocycles. The Balaban J connectivity index is 1.55. The molecule has 7 nitrogen and oxygen atoms in total. The lowest BCUT2D eigenvalue weighted by Gasteiger charge is -2.33. The molecule has 1 aromatic rings. The lowest BCUT2D eigenvalue weighted by Crippen LogP contribution is -2.57. The van der Waals surface area contributed by atoms with E-state index in [1.54, 1.807) is 18.9 Å². The van der Waals surface area contributed by atoms with Crippen LogP contribution in [0.1, 0.15) is 57.2 Å². The number of carbonyl (C=O) groups is 3. The van der Waals surface area contributed by atoms with Gasteiger partial charge in [0, 0.05) is 24.5 Å². The first kappa shape index (κ1) is 26.4. The van der Waals surface area contributed by atoms with Crippen molar-refractivity contribution in [2.45, 2.75) is 74.7 Å². The molecule has 3 amide bonds. The fraction of sp³-hybridized carbons (Fsp3) is 0.654. The monoisotopic (exact) mass is 518 g/mol. The summed E-state index contributed by atoms with van der Waals surface area (Å²) >= 11 is 3.73. The van der Waals surface area contributed by atoms with E-state index in [0.717, 1.165) is 30.8 Å². The molecule has 4 rings (SSSR count). The highest BCUT2D eigenvalue weighted by Gasteiger charge is 2.52. The number of carbonyl (C=O) groups excluding carboxylic acids is 3. The average molecular weight is 519 g/mol. The highest BCUT2D eigenvalue weighted by Crippen LogP contribution is 2.52. The van der Waals surface area contributed by atoms with E-state index in [4.69, 9.17) is 0 Å². The van der Waals surface area contributed by atoms with Gasteiger partial charge in [-0.05, 0) is 50.3 Å². The molecule has 1 spiro atoms. The van der Waals surface area contributed by atoms with E-state index in [-0.39, 0.29) is 33.8 Å². The lowest BCUT2D eigenvalue weighted by molar-refractivity contribution is -0.142. The minimum absolute atomic E-state index is 0.0260. The van der Waals surface area contributed by atoms with Crippen molar-refractivity contribution >= 4 is 41.2 Å². The Kier molecular flexibility index (Phi) is 8.38. The molecule has 192 valence electrons. The van der Waals surface area contributed by atoms with Gasteiger partial charge in [-0.3, -0.25) is 14.4 Å². The highest BCUT2D eigenvalue weighted by molar-refractivity contribution is 8.21. The first-order valence-corrected chi connectivity index (χ1v) is 14.7. The molecular formula is C26H38N4O3S2. The van der Waals surface area contributed by atoms with Crippen LogP contribution in [-0.4, -0.2) is 69.9 Å². The number of rotatable bonds is 7. The predicted octanol–water partition coefficient (Wildman–Crippen LogP) is 2.71. The Morgan fingerprint density at radius 3 is 2.51 bits per heavy atom. The molecule has 0 aromatic heterocycles. The van der Waals surface area contributed by atoms with Gasteiger partial charge in [-0.2, -0.15) is 0 Å². The smallest absolute Gasteiger partial charge is 0.246 e. The van der Waals surface area contributed by atoms with Crippen molar-refractivity contribution in [3.05, 3.63) is 35.4 Å². The first-order valence-electron chi connectivity index (χ1n) is 12.7. The molecule has 4 atom stereocenters. The maximum absolute atomic E-state index is 13.9. The minimum atomic E-state index is -0.671. The summed E-state index contributed by atoms with van der Waals surface area (Å²) in [5.74, 6) is 1.51. The van der Waals surface area contributed by atoms with E-state index in [9.17, 15) is 14.4 Å². The van der Waals surface area contributed by atoms with Crippen LogP contribution in [-0.2, 0) is 20.8 Å². The number of thioether (sulfide) groups is 2. The van der Waals surface area contributed by atoms with Crippen LogP contribution in [0, 0.1) is 5.92 Å². The number of hydrogen-bond donors (Lipinski definition) is 3. The van der Waals surface area contributed by atoms with Gasteiger partial charge in [0.25, 0.3) is 0 Å². The molecule has 1 aromatic carbocycles.